The summed E-state index contributed by atoms with van der Waals surface area (Å²) in [7, 11) is 0. The summed E-state index contributed by atoms with van der Waals surface area (Å²) in [6.45, 7) is 5.42. The minimum atomic E-state index is 0.0572. The van der Waals surface area contributed by atoms with Crippen LogP contribution in [0.2, 0.25) is 5.02 Å². The van der Waals surface area contributed by atoms with Crippen LogP contribution in [0.5, 0.6) is 0 Å². The zero-order valence-corrected chi connectivity index (χ0v) is 11.7. The molecule has 0 amide bonds. The van der Waals surface area contributed by atoms with Gasteiger partial charge in [0.1, 0.15) is 5.84 Å². The van der Waals surface area contributed by atoms with Crippen LogP contribution in [0.4, 0.5) is 5.69 Å². The molecular formula is C14H20ClN3. The average Bonchev–Trinajstić information content (AvgIpc) is 3.09. The van der Waals surface area contributed by atoms with Crippen LogP contribution in [-0.2, 0) is 0 Å². The summed E-state index contributed by atoms with van der Waals surface area (Å²) >= 11 is 6.32. The molecule has 18 heavy (non-hydrogen) atoms. The predicted octanol–water partition coefficient (Wildman–Crippen LogP) is 3.25. The lowest BCUT2D eigenvalue weighted by Gasteiger charge is -2.30. The second-order valence-corrected chi connectivity index (χ2v) is 5.68. The number of nitrogen functional groups attached to an aromatic ring is 1. The van der Waals surface area contributed by atoms with Crippen molar-refractivity contribution in [1.82, 2.24) is 0 Å². The number of anilines is 1. The van der Waals surface area contributed by atoms with Crippen molar-refractivity contribution >= 4 is 23.1 Å². The molecule has 0 aromatic heterocycles. The summed E-state index contributed by atoms with van der Waals surface area (Å²) in [5, 5.41) is 8.10. The van der Waals surface area contributed by atoms with Crippen molar-refractivity contribution in [1.29, 1.82) is 5.41 Å². The molecule has 0 saturated heterocycles. The molecule has 1 aliphatic rings. The van der Waals surface area contributed by atoms with E-state index in [1.165, 1.54) is 12.8 Å². The summed E-state index contributed by atoms with van der Waals surface area (Å²) in [6.07, 6.45) is 2.65. The Morgan fingerprint density at radius 1 is 1.50 bits per heavy atom. The minimum absolute atomic E-state index is 0.0572. The molecule has 0 unspecified atom stereocenters. The van der Waals surface area contributed by atoms with Gasteiger partial charge in [-0.05, 0) is 50.8 Å². The molecule has 3 N–H and O–H groups in total. The van der Waals surface area contributed by atoms with Crippen LogP contribution in [0.1, 0.15) is 32.3 Å². The Morgan fingerprint density at radius 2 is 2.17 bits per heavy atom. The fourth-order valence-electron chi connectivity index (χ4n) is 2.07. The fraction of sp³-hybridized carbons (Fsp3) is 0.500. The van der Waals surface area contributed by atoms with E-state index in [1.54, 1.807) is 6.07 Å². The number of hydrogen-bond donors (Lipinski definition) is 2. The first-order valence-electron chi connectivity index (χ1n) is 6.39. The van der Waals surface area contributed by atoms with E-state index >= 15 is 0 Å². The lowest BCUT2D eigenvalue weighted by Crippen LogP contribution is -2.33. The number of nitrogens with two attached hydrogens (primary N) is 1. The van der Waals surface area contributed by atoms with E-state index in [-0.39, 0.29) is 5.84 Å². The van der Waals surface area contributed by atoms with Crippen LogP contribution in [0.25, 0.3) is 0 Å². The zero-order chi connectivity index (χ0) is 13.3. The standard InChI is InChI=1S/C14H20ClN3/c1-9(2)18(8-10-3-4-10)13-6-5-11(14(16)17)7-12(13)15/h5-7,9-10H,3-4,8H2,1-2H3,(H3,16,17). The zero-order valence-electron chi connectivity index (χ0n) is 10.9. The molecule has 98 valence electrons. The van der Waals surface area contributed by atoms with Gasteiger partial charge in [0, 0.05) is 18.2 Å². The number of rotatable bonds is 5. The topological polar surface area (TPSA) is 53.1 Å². The molecule has 1 fully saturated rings. The van der Waals surface area contributed by atoms with Gasteiger partial charge >= 0.3 is 0 Å². The second-order valence-electron chi connectivity index (χ2n) is 5.27. The first kappa shape index (κ1) is 13.2. The van der Waals surface area contributed by atoms with Gasteiger partial charge in [0.15, 0.2) is 0 Å². The Labute approximate surface area is 113 Å². The SMILES string of the molecule is CC(C)N(CC1CC1)c1ccc(C(=N)N)cc1Cl. The number of hydrogen-bond acceptors (Lipinski definition) is 2. The molecule has 2 rings (SSSR count). The second kappa shape index (κ2) is 5.19. The average molecular weight is 266 g/mol. The minimum Gasteiger partial charge on any atom is -0.384 e. The fourth-order valence-corrected chi connectivity index (χ4v) is 2.36. The van der Waals surface area contributed by atoms with Gasteiger partial charge in [-0.1, -0.05) is 11.6 Å². The first-order valence-corrected chi connectivity index (χ1v) is 6.77. The van der Waals surface area contributed by atoms with Crippen LogP contribution in [-0.4, -0.2) is 18.4 Å². The summed E-state index contributed by atoms with van der Waals surface area (Å²) in [6, 6.07) is 6.04. The number of nitrogens with zero attached hydrogens (tertiary/aromatic N) is 1. The van der Waals surface area contributed by atoms with Crippen molar-refractivity contribution in [3.05, 3.63) is 28.8 Å². The number of nitrogens with one attached hydrogen (secondary N) is 1. The maximum absolute atomic E-state index is 7.42. The van der Waals surface area contributed by atoms with Crippen molar-refractivity contribution in [2.75, 3.05) is 11.4 Å². The quantitative estimate of drug-likeness (QED) is 0.634. The molecule has 3 nitrogen and oxygen atoms in total. The largest absolute Gasteiger partial charge is 0.384 e. The van der Waals surface area contributed by atoms with Crippen LogP contribution in [0.3, 0.4) is 0 Å². The normalized spacial score (nSPS) is 14.9. The molecule has 0 atom stereocenters. The van der Waals surface area contributed by atoms with Gasteiger partial charge in [-0.3, -0.25) is 5.41 Å². The number of halogens is 1. The predicted molar refractivity (Wildman–Crippen MR) is 77.7 cm³/mol. The highest BCUT2D eigenvalue weighted by atomic mass is 35.5. The van der Waals surface area contributed by atoms with Gasteiger partial charge in [0.25, 0.3) is 0 Å². The number of amidine groups is 1. The molecule has 1 aromatic carbocycles. The number of benzene rings is 1. The third-order valence-electron chi connectivity index (χ3n) is 3.34. The molecule has 1 aliphatic carbocycles. The first-order chi connectivity index (χ1) is 8.49. The molecule has 1 aromatic rings. The molecule has 4 heteroatoms. The Kier molecular flexibility index (Phi) is 3.81. The summed E-state index contributed by atoms with van der Waals surface area (Å²) < 4.78 is 0. The monoisotopic (exact) mass is 265 g/mol. The highest BCUT2D eigenvalue weighted by Gasteiger charge is 2.26. The molecule has 0 aliphatic heterocycles. The van der Waals surface area contributed by atoms with Crippen LogP contribution in [0, 0.1) is 11.3 Å². The van der Waals surface area contributed by atoms with E-state index in [0.29, 0.717) is 16.6 Å². The molecule has 0 spiro atoms. The lowest BCUT2D eigenvalue weighted by atomic mass is 10.1. The molecule has 0 bridgehead atoms. The van der Waals surface area contributed by atoms with Crippen LogP contribution >= 0.6 is 11.6 Å². The van der Waals surface area contributed by atoms with Crippen molar-refractivity contribution in [2.45, 2.75) is 32.7 Å². The van der Waals surface area contributed by atoms with E-state index in [0.717, 1.165) is 18.2 Å². The van der Waals surface area contributed by atoms with Crippen molar-refractivity contribution in [2.24, 2.45) is 11.7 Å². The lowest BCUT2D eigenvalue weighted by molar-refractivity contribution is 0.645. The van der Waals surface area contributed by atoms with Gasteiger partial charge in [-0.25, -0.2) is 0 Å². The Hall–Kier alpha value is -1.22. The third kappa shape index (κ3) is 2.96. The van der Waals surface area contributed by atoms with E-state index in [1.807, 2.05) is 12.1 Å². The highest BCUT2D eigenvalue weighted by molar-refractivity contribution is 6.33. The van der Waals surface area contributed by atoms with Gasteiger partial charge in [-0.2, -0.15) is 0 Å². The van der Waals surface area contributed by atoms with Crippen molar-refractivity contribution in [3.8, 4) is 0 Å². The van der Waals surface area contributed by atoms with Gasteiger partial charge < -0.3 is 10.6 Å². The Morgan fingerprint density at radius 3 is 2.61 bits per heavy atom. The highest BCUT2D eigenvalue weighted by Crippen LogP contribution is 2.35. The van der Waals surface area contributed by atoms with E-state index in [4.69, 9.17) is 22.7 Å². The van der Waals surface area contributed by atoms with E-state index < -0.39 is 0 Å². The van der Waals surface area contributed by atoms with E-state index in [9.17, 15) is 0 Å². The Bertz CT molecular complexity index is 452. The van der Waals surface area contributed by atoms with E-state index in [2.05, 4.69) is 18.7 Å². The maximum Gasteiger partial charge on any atom is 0.122 e. The third-order valence-corrected chi connectivity index (χ3v) is 3.65. The molecule has 0 radical (unpaired) electrons. The van der Waals surface area contributed by atoms with Crippen molar-refractivity contribution < 1.29 is 0 Å². The van der Waals surface area contributed by atoms with Gasteiger partial charge in [0.05, 0.1) is 10.7 Å². The smallest absolute Gasteiger partial charge is 0.122 e. The van der Waals surface area contributed by atoms with Gasteiger partial charge in [0.2, 0.25) is 0 Å². The maximum atomic E-state index is 7.42. The summed E-state index contributed by atoms with van der Waals surface area (Å²) in [5.74, 6) is 0.873. The molecular weight excluding hydrogens is 246 g/mol. The van der Waals surface area contributed by atoms with Gasteiger partial charge in [-0.15, -0.1) is 0 Å². The molecule has 1 saturated carbocycles. The summed E-state index contributed by atoms with van der Waals surface area (Å²) in [4.78, 5) is 2.34. The van der Waals surface area contributed by atoms with Crippen molar-refractivity contribution in [3.63, 3.8) is 0 Å². The van der Waals surface area contributed by atoms with Crippen LogP contribution < -0.4 is 10.6 Å². The molecule has 0 heterocycles. The Balaban J connectivity index is 2.26. The summed E-state index contributed by atoms with van der Waals surface area (Å²) in [5.41, 5.74) is 7.19. The van der Waals surface area contributed by atoms with Crippen LogP contribution in [0.15, 0.2) is 18.2 Å².